The van der Waals surface area contributed by atoms with Crippen LogP contribution in [0.15, 0.2) is 0 Å². The number of nitrogens with zero attached hydrogens (tertiary/aromatic N) is 1. The van der Waals surface area contributed by atoms with E-state index in [-0.39, 0.29) is 12.6 Å². The largest absolute Gasteiger partial charge is 0.390 e. The first-order valence-corrected chi connectivity index (χ1v) is 6.25. The van der Waals surface area contributed by atoms with Crippen molar-refractivity contribution in [2.75, 3.05) is 26.7 Å². The standard InChI is InChI=1S/C12H25F3N2/c1-5-7-16-11(10(2)3)9-17(4)8-6-12(13,14)15/h10-11,16H,5-9H2,1-4H3. The van der Waals surface area contributed by atoms with Crippen molar-refractivity contribution in [3.8, 4) is 0 Å². The van der Waals surface area contributed by atoms with Crippen LogP contribution in [0.5, 0.6) is 0 Å². The highest BCUT2D eigenvalue weighted by molar-refractivity contribution is 4.74. The first-order chi connectivity index (χ1) is 7.76. The fourth-order valence-corrected chi connectivity index (χ4v) is 1.59. The van der Waals surface area contributed by atoms with Gasteiger partial charge in [0, 0.05) is 19.1 Å². The lowest BCUT2D eigenvalue weighted by molar-refractivity contribution is -0.137. The van der Waals surface area contributed by atoms with Crippen LogP contribution in [0.3, 0.4) is 0 Å². The summed E-state index contributed by atoms with van der Waals surface area (Å²) in [6.07, 6.45) is -3.75. The Morgan fingerprint density at radius 3 is 2.24 bits per heavy atom. The van der Waals surface area contributed by atoms with E-state index in [1.807, 2.05) is 0 Å². The van der Waals surface area contributed by atoms with Gasteiger partial charge in [-0.15, -0.1) is 0 Å². The summed E-state index contributed by atoms with van der Waals surface area (Å²) in [5, 5.41) is 3.37. The first-order valence-electron chi connectivity index (χ1n) is 6.25. The summed E-state index contributed by atoms with van der Waals surface area (Å²) < 4.78 is 36.2. The molecule has 1 unspecified atom stereocenters. The summed E-state index contributed by atoms with van der Waals surface area (Å²) in [5.74, 6) is 0.426. The zero-order valence-corrected chi connectivity index (χ0v) is 11.3. The molecule has 0 radical (unpaired) electrons. The van der Waals surface area contributed by atoms with Gasteiger partial charge in [0.2, 0.25) is 0 Å². The molecule has 1 N–H and O–H groups in total. The van der Waals surface area contributed by atoms with Gasteiger partial charge in [-0.25, -0.2) is 0 Å². The van der Waals surface area contributed by atoms with Crippen molar-refractivity contribution in [1.82, 2.24) is 10.2 Å². The van der Waals surface area contributed by atoms with Crippen molar-refractivity contribution in [2.24, 2.45) is 5.92 Å². The second kappa shape index (κ2) is 7.93. The van der Waals surface area contributed by atoms with Crippen LogP contribution in [0.1, 0.15) is 33.6 Å². The molecule has 0 heterocycles. The second-order valence-electron chi connectivity index (χ2n) is 4.93. The lowest BCUT2D eigenvalue weighted by atomic mass is 10.0. The third-order valence-corrected chi connectivity index (χ3v) is 2.75. The molecule has 0 aromatic carbocycles. The molecule has 1 atom stereocenters. The van der Waals surface area contributed by atoms with Gasteiger partial charge in [-0.3, -0.25) is 0 Å². The predicted molar refractivity (Wildman–Crippen MR) is 65.1 cm³/mol. The maximum Gasteiger partial charge on any atom is 0.390 e. The molecule has 0 spiro atoms. The normalized spacial score (nSPS) is 14.6. The highest BCUT2D eigenvalue weighted by Crippen LogP contribution is 2.19. The van der Waals surface area contributed by atoms with E-state index in [9.17, 15) is 13.2 Å². The molecule has 0 aliphatic rings. The molecule has 2 nitrogen and oxygen atoms in total. The third-order valence-electron chi connectivity index (χ3n) is 2.75. The lowest BCUT2D eigenvalue weighted by Crippen LogP contribution is -2.44. The molecular formula is C12H25F3N2. The van der Waals surface area contributed by atoms with E-state index in [4.69, 9.17) is 0 Å². The maximum atomic E-state index is 12.1. The fraction of sp³-hybridized carbons (Fsp3) is 1.00. The minimum atomic E-state index is -4.06. The number of rotatable bonds is 8. The van der Waals surface area contributed by atoms with Crippen molar-refractivity contribution < 1.29 is 13.2 Å². The molecule has 0 aliphatic heterocycles. The summed E-state index contributed by atoms with van der Waals surface area (Å²) in [5.41, 5.74) is 0. The third kappa shape index (κ3) is 9.41. The Hall–Kier alpha value is -0.290. The van der Waals surface area contributed by atoms with Crippen molar-refractivity contribution in [3.63, 3.8) is 0 Å². The molecule has 0 aliphatic carbocycles. The van der Waals surface area contributed by atoms with Gasteiger partial charge in [-0.1, -0.05) is 20.8 Å². The second-order valence-corrected chi connectivity index (χ2v) is 4.93. The molecule has 0 aromatic heterocycles. The van der Waals surface area contributed by atoms with Gasteiger partial charge in [-0.2, -0.15) is 13.2 Å². The molecule has 0 saturated carbocycles. The Morgan fingerprint density at radius 2 is 1.82 bits per heavy atom. The van der Waals surface area contributed by atoms with E-state index in [2.05, 4.69) is 26.1 Å². The van der Waals surface area contributed by atoms with Crippen LogP contribution in [0.2, 0.25) is 0 Å². The van der Waals surface area contributed by atoms with Crippen molar-refractivity contribution in [1.29, 1.82) is 0 Å². The molecule has 0 saturated heterocycles. The Morgan fingerprint density at radius 1 is 1.24 bits per heavy atom. The topological polar surface area (TPSA) is 15.3 Å². The number of likely N-dealkylation sites (N-methyl/N-ethyl adjacent to an activating group) is 1. The maximum absolute atomic E-state index is 12.1. The van der Waals surface area contributed by atoms with Gasteiger partial charge in [0.25, 0.3) is 0 Å². The van der Waals surface area contributed by atoms with Crippen LogP contribution in [0.4, 0.5) is 13.2 Å². The zero-order chi connectivity index (χ0) is 13.5. The average Bonchev–Trinajstić information content (AvgIpc) is 2.19. The quantitative estimate of drug-likeness (QED) is 0.716. The summed E-state index contributed by atoms with van der Waals surface area (Å²) in [4.78, 5) is 1.75. The number of nitrogens with one attached hydrogen (secondary N) is 1. The van der Waals surface area contributed by atoms with Crippen LogP contribution in [0, 0.1) is 5.92 Å². The van der Waals surface area contributed by atoms with Gasteiger partial charge >= 0.3 is 6.18 Å². The van der Waals surface area contributed by atoms with Crippen LogP contribution in [-0.2, 0) is 0 Å². The molecule has 0 amide bonds. The number of halogens is 3. The monoisotopic (exact) mass is 254 g/mol. The van der Waals surface area contributed by atoms with Crippen molar-refractivity contribution >= 4 is 0 Å². The summed E-state index contributed by atoms with van der Waals surface area (Å²) in [6, 6.07) is 0.258. The van der Waals surface area contributed by atoms with E-state index >= 15 is 0 Å². The number of hydrogen-bond donors (Lipinski definition) is 1. The molecular weight excluding hydrogens is 229 g/mol. The van der Waals surface area contributed by atoms with E-state index in [1.165, 1.54) is 0 Å². The van der Waals surface area contributed by atoms with Crippen LogP contribution in [-0.4, -0.2) is 43.8 Å². The molecule has 0 fully saturated rings. The first kappa shape index (κ1) is 16.7. The van der Waals surface area contributed by atoms with Gasteiger partial charge in [0.1, 0.15) is 0 Å². The SMILES string of the molecule is CCCNC(CN(C)CCC(F)(F)F)C(C)C. The number of alkyl halides is 3. The Labute approximate surface area is 103 Å². The molecule has 0 bridgehead atoms. The van der Waals surface area contributed by atoms with Crippen LogP contribution < -0.4 is 5.32 Å². The van der Waals surface area contributed by atoms with Gasteiger partial charge < -0.3 is 10.2 Å². The van der Waals surface area contributed by atoms with Gasteiger partial charge in [-0.05, 0) is 25.9 Å². The smallest absolute Gasteiger partial charge is 0.312 e. The van der Waals surface area contributed by atoms with Crippen molar-refractivity contribution in [2.45, 2.75) is 45.8 Å². The van der Waals surface area contributed by atoms with E-state index in [1.54, 1.807) is 11.9 Å². The summed E-state index contributed by atoms with van der Waals surface area (Å²) in [7, 11) is 1.74. The number of hydrogen-bond acceptors (Lipinski definition) is 2. The van der Waals surface area contributed by atoms with Crippen molar-refractivity contribution in [3.05, 3.63) is 0 Å². The van der Waals surface area contributed by atoms with Gasteiger partial charge in [0.05, 0.1) is 6.42 Å². The average molecular weight is 254 g/mol. The summed E-state index contributed by atoms with van der Waals surface area (Å²) in [6.45, 7) is 7.90. The fourth-order valence-electron chi connectivity index (χ4n) is 1.59. The van der Waals surface area contributed by atoms with Crippen LogP contribution >= 0.6 is 0 Å². The Balaban J connectivity index is 3.99. The molecule has 0 rings (SSSR count). The summed E-state index contributed by atoms with van der Waals surface area (Å²) >= 11 is 0. The van der Waals surface area contributed by atoms with Crippen LogP contribution in [0.25, 0.3) is 0 Å². The predicted octanol–water partition coefficient (Wildman–Crippen LogP) is 2.89. The molecule has 5 heteroatoms. The highest BCUT2D eigenvalue weighted by atomic mass is 19.4. The Bertz CT molecular complexity index is 193. The van der Waals surface area contributed by atoms with E-state index in [0.29, 0.717) is 12.5 Å². The molecule has 104 valence electrons. The minimum Gasteiger partial charge on any atom is -0.312 e. The lowest BCUT2D eigenvalue weighted by Gasteiger charge is -2.28. The molecule has 0 aromatic rings. The zero-order valence-electron chi connectivity index (χ0n) is 11.3. The minimum absolute atomic E-state index is 0.0700. The Kier molecular flexibility index (Phi) is 7.79. The van der Waals surface area contributed by atoms with E-state index in [0.717, 1.165) is 13.0 Å². The highest BCUT2D eigenvalue weighted by Gasteiger charge is 2.27. The van der Waals surface area contributed by atoms with Gasteiger partial charge in [0.15, 0.2) is 0 Å². The van der Waals surface area contributed by atoms with E-state index < -0.39 is 12.6 Å². The molecule has 17 heavy (non-hydrogen) atoms.